The summed E-state index contributed by atoms with van der Waals surface area (Å²) in [6.45, 7) is 0. The molecule has 406 valence electrons. The highest BCUT2D eigenvalue weighted by Crippen LogP contribution is 2.56. The Labute approximate surface area is 506 Å². The van der Waals surface area contributed by atoms with Crippen molar-refractivity contribution in [2.24, 2.45) is 0 Å². The summed E-state index contributed by atoms with van der Waals surface area (Å²) in [4.78, 5) is 0. The predicted octanol–water partition coefficient (Wildman–Crippen LogP) is 22.2. The molecular weight excluding hydrogens is 1050 g/mol. The first-order valence-corrected chi connectivity index (χ1v) is 30.1. The van der Waals surface area contributed by atoms with Gasteiger partial charge in [-0.05, 0) is 167 Å². The van der Waals surface area contributed by atoms with E-state index in [1.165, 1.54) is 144 Å². The monoisotopic (exact) mass is 1100 g/mol. The Balaban J connectivity index is 0.620. The van der Waals surface area contributed by atoms with Crippen LogP contribution >= 0.6 is 0 Å². The van der Waals surface area contributed by atoms with Gasteiger partial charge >= 0.3 is 0 Å². The molecule has 0 saturated heterocycles. The second-order valence-corrected chi connectivity index (χ2v) is 23.2. The summed E-state index contributed by atoms with van der Waals surface area (Å²) < 4.78 is 4.82. The van der Waals surface area contributed by atoms with Crippen LogP contribution in [0, 0.1) is 0 Å². The van der Waals surface area contributed by atoms with Crippen molar-refractivity contribution >= 4 is 43.6 Å². The van der Waals surface area contributed by atoms with E-state index < -0.39 is 5.41 Å². The maximum atomic E-state index is 2.41. The Morgan fingerprint density at radius 2 is 0.517 bits per heavy atom. The first-order valence-electron chi connectivity index (χ1n) is 30.1. The Hall–Kier alpha value is -11.3. The number of hydrogen-bond donors (Lipinski definition) is 0. The summed E-state index contributed by atoms with van der Waals surface area (Å²) in [5.74, 6) is 0. The standard InChI is InChI=1S/C85H56N2/c1-3-17-57(18-4-1)66-21-16-24-72(54-66)87-82-32-14-10-28-76(82)78-56-68(46-52-84(78)87)67-45-51-83-77(55-67)75-27-9-13-31-81(75)86(83)71-49-43-61(44-50-71)60-35-33-58(34-36-60)59-37-39-62(40-38-59)64-19-15-20-65(53-64)63-41-47-70(48-42-63)85(69-22-5-2-6-23-69)79-29-11-7-25-73(79)74-26-8-12-30-80(74)85/h1-56H. The molecule has 2 heterocycles. The molecule has 0 bridgehead atoms. The van der Waals surface area contributed by atoms with Crippen molar-refractivity contribution < 1.29 is 0 Å². The molecule has 0 saturated carbocycles. The Bertz CT molecular complexity index is 5230. The van der Waals surface area contributed by atoms with Crippen LogP contribution < -0.4 is 0 Å². The van der Waals surface area contributed by atoms with Crippen LogP contribution in [0.25, 0.3) is 133 Å². The fraction of sp³-hybridized carbons (Fsp3) is 0.0118. The highest BCUT2D eigenvalue weighted by Gasteiger charge is 2.45. The maximum Gasteiger partial charge on any atom is 0.0713 e. The number of aromatic nitrogens is 2. The second kappa shape index (κ2) is 20.5. The SMILES string of the molecule is c1ccc(-c2cccc(-n3c4ccccc4c4cc(-c5ccc6c(c5)c5ccccc5n6-c5ccc(-c6ccc(-c7ccc(-c8cccc(-c9ccc(C%10(c%11ccccc%11)c%11ccccc%11-c%11ccccc%11%10)cc9)c8)cc7)cc6)cc5)ccc43)c2)cc1. The molecule has 0 radical (unpaired) electrons. The smallest absolute Gasteiger partial charge is 0.0713 e. The van der Waals surface area contributed by atoms with Gasteiger partial charge in [-0.1, -0.05) is 273 Å². The van der Waals surface area contributed by atoms with Crippen molar-refractivity contribution in [3.8, 4) is 89.3 Å². The van der Waals surface area contributed by atoms with Crippen LogP contribution in [0.2, 0.25) is 0 Å². The van der Waals surface area contributed by atoms with Crippen LogP contribution in [-0.4, -0.2) is 9.13 Å². The van der Waals surface area contributed by atoms with Crippen LogP contribution in [0.1, 0.15) is 22.3 Å². The summed E-state index contributed by atoms with van der Waals surface area (Å²) >= 11 is 0. The summed E-state index contributed by atoms with van der Waals surface area (Å²) in [6, 6.07) is 125. The molecule has 0 unspecified atom stereocenters. The van der Waals surface area contributed by atoms with E-state index in [1.807, 2.05) is 0 Å². The highest BCUT2D eigenvalue weighted by molar-refractivity contribution is 6.13. The molecule has 17 rings (SSSR count). The first kappa shape index (κ1) is 50.2. The molecular formula is C85H56N2. The van der Waals surface area contributed by atoms with E-state index in [0.717, 1.165) is 11.4 Å². The summed E-state index contributed by atoms with van der Waals surface area (Å²) in [6.07, 6.45) is 0. The van der Waals surface area contributed by atoms with Gasteiger partial charge in [-0.3, -0.25) is 0 Å². The number of nitrogens with zero attached hydrogens (tertiary/aromatic N) is 2. The van der Waals surface area contributed by atoms with Crippen molar-refractivity contribution in [2.75, 3.05) is 0 Å². The molecule has 2 aromatic heterocycles. The Morgan fingerprint density at radius 3 is 1.05 bits per heavy atom. The molecule has 16 aromatic rings. The van der Waals surface area contributed by atoms with Gasteiger partial charge in [0, 0.05) is 32.9 Å². The number of para-hydroxylation sites is 2. The van der Waals surface area contributed by atoms with Gasteiger partial charge in [-0.2, -0.15) is 0 Å². The lowest BCUT2D eigenvalue weighted by Gasteiger charge is -2.34. The van der Waals surface area contributed by atoms with Gasteiger partial charge in [0.1, 0.15) is 0 Å². The normalized spacial score (nSPS) is 12.5. The van der Waals surface area contributed by atoms with Gasteiger partial charge in [0.25, 0.3) is 0 Å². The first-order chi connectivity index (χ1) is 43.1. The average molecular weight is 1110 g/mol. The fourth-order valence-electron chi connectivity index (χ4n) is 14.3. The molecule has 0 fully saturated rings. The molecule has 1 aliphatic carbocycles. The summed E-state index contributed by atoms with van der Waals surface area (Å²) in [7, 11) is 0. The average Bonchev–Trinajstić information content (AvgIpc) is 1.62. The summed E-state index contributed by atoms with van der Waals surface area (Å²) in [5, 5.41) is 4.96. The molecule has 1 aliphatic rings. The molecule has 0 spiro atoms. The molecule has 87 heavy (non-hydrogen) atoms. The van der Waals surface area contributed by atoms with Gasteiger partial charge in [0.2, 0.25) is 0 Å². The van der Waals surface area contributed by atoms with E-state index in [-0.39, 0.29) is 0 Å². The van der Waals surface area contributed by atoms with Gasteiger partial charge in [0.05, 0.1) is 27.5 Å². The van der Waals surface area contributed by atoms with E-state index in [2.05, 4.69) is 349 Å². The van der Waals surface area contributed by atoms with E-state index in [1.54, 1.807) is 0 Å². The van der Waals surface area contributed by atoms with Crippen LogP contribution in [0.4, 0.5) is 0 Å². The van der Waals surface area contributed by atoms with Crippen LogP contribution in [0.15, 0.2) is 340 Å². The van der Waals surface area contributed by atoms with Crippen LogP contribution in [0.3, 0.4) is 0 Å². The lowest BCUT2D eigenvalue weighted by molar-refractivity contribution is 0.768. The van der Waals surface area contributed by atoms with Gasteiger partial charge < -0.3 is 9.13 Å². The minimum Gasteiger partial charge on any atom is -0.309 e. The fourth-order valence-corrected chi connectivity index (χ4v) is 14.3. The third-order valence-corrected chi connectivity index (χ3v) is 18.5. The van der Waals surface area contributed by atoms with E-state index in [0.29, 0.717) is 0 Å². The van der Waals surface area contributed by atoms with Crippen molar-refractivity contribution in [1.29, 1.82) is 0 Å². The molecule has 0 aliphatic heterocycles. The number of benzene rings is 14. The van der Waals surface area contributed by atoms with Gasteiger partial charge in [-0.15, -0.1) is 0 Å². The van der Waals surface area contributed by atoms with E-state index in [9.17, 15) is 0 Å². The zero-order valence-corrected chi connectivity index (χ0v) is 47.7. The third kappa shape index (κ3) is 8.25. The number of fused-ring (bicyclic) bond motifs is 9. The van der Waals surface area contributed by atoms with E-state index in [4.69, 9.17) is 0 Å². The molecule has 0 amide bonds. The Kier molecular flexibility index (Phi) is 11.8. The van der Waals surface area contributed by atoms with Crippen LogP contribution in [-0.2, 0) is 5.41 Å². The highest BCUT2D eigenvalue weighted by atomic mass is 15.0. The topological polar surface area (TPSA) is 9.86 Å². The largest absolute Gasteiger partial charge is 0.309 e. The minimum absolute atomic E-state index is 0.407. The van der Waals surface area contributed by atoms with Gasteiger partial charge in [-0.25, -0.2) is 0 Å². The second-order valence-electron chi connectivity index (χ2n) is 23.2. The lowest BCUT2D eigenvalue weighted by Crippen LogP contribution is -2.28. The van der Waals surface area contributed by atoms with E-state index >= 15 is 0 Å². The van der Waals surface area contributed by atoms with Crippen molar-refractivity contribution in [3.63, 3.8) is 0 Å². The third-order valence-electron chi connectivity index (χ3n) is 18.5. The minimum atomic E-state index is -0.407. The van der Waals surface area contributed by atoms with Crippen LogP contribution in [0.5, 0.6) is 0 Å². The zero-order chi connectivity index (χ0) is 57.4. The molecule has 0 N–H and O–H groups in total. The molecule has 2 nitrogen and oxygen atoms in total. The molecule has 2 heteroatoms. The lowest BCUT2D eigenvalue weighted by atomic mass is 9.67. The van der Waals surface area contributed by atoms with Crippen molar-refractivity contribution in [2.45, 2.75) is 5.41 Å². The molecule has 0 atom stereocenters. The predicted molar refractivity (Wildman–Crippen MR) is 365 cm³/mol. The van der Waals surface area contributed by atoms with Gasteiger partial charge in [0.15, 0.2) is 0 Å². The number of hydrogen-bond acceptors (Lipinski definition) is 0. The van der Waals surface area contributed by atoms with Crippen molar-refractivity contribution in [3.05, 3.63) is 362 Å². The Morgan fingerprint density at radius 1 is 0.184 bits per heavy atom. The quantitative estimate of drug-likeness (QED) is 0.129. The summed E-state index contributed by atoms with van der Waals surface area (Å²) in [5.41, 5.74) is 28.8. The molecule has 14 aromatic carbocycles. The zero-order valence-electron chi connectivity index (χ0n) is 47.7. The number of rotatable bonds is 10. The maximum absolute atomic E-state index is 2.41. The van der Waals surface area contributed by atoms with Crippen molar-refractivity contribution in [1.82, 2.24) is 9.13 Å².